The van der Waals surface area contributed by atoms with Gasteiger partial charge in [-0.3, -0.25) is 0 Å². The molecule has 15 aromatic rings. The van der Waals surface area contributed by atoms with Crippen LogP contribution in [0.3, 0.4) is 0 Å². The highest BCUT2D eigenvalue weighted by atomic mass is 15.2. The third kappa shape index (κ3) is 8.19. The Morgan fingerprint density at radius 3 is 1.30 bits per heavy atom. The molecule has 0 aliphatic carbocycles. The lowest BCUT2D eigenvalue weighted by atomic mass is 9.33. The lowest BCUT2D eigenvalue weighted by molar-refractivity contribution is 0.591. The van der Waals surface area contributed by atoms with Crippen molar-refractivity contribution < 1.29 is 0 Å². The Labute approximate surface area is 515 Å². The Hall–Kier alpha value is -10.4. The zero-order valence-corrected chi connectivity index (χ0v) is 50.5. The number of benzene rings is 14. The summed E-state index contributed by atoms with van der Waals surface area (Å²) < 4.78 is 2.51. The molecule has 0 unspecified atom stereocenters. The Morgan fingerprint density at radius 1 is 0.284 bits per heavy atom. The van der Waals surface area contributed by atoms with Crippen LogP contribution in [0, 0.1) is 0 Å². The van der Waals surface area contributed by atoms with Crippen LogP contribution in [-0.2, 0) is 10.8 Å². The van der Waals surface area contributed by atoms with Gasteiger partial charge >= 0.3 is 0 Å². The second kappa shape index (κ2) is 19.6. The number of nitrogens with zero attached hydrogens (tertiary/aromatic N) is 3. The van der Waals surface area contributed by atoms with Crippen LogP contribution in [0.15, 0.2) is 279 Å². The SMILES string of the molecule is CC(C)(C)c1cc2ccc3cc(C(C)(C)C)cc4c(-c5ccc6c(c5)N(c5ccc(-c7ccccc7)cc5)c5cc(-n7c8ccccc8c8ccccc87)cc7c5B6c5cc(-c6ccccc6)ccc5N7c5ccc(-c6ccccc6)cc5)cc(c1)c2c34. The number of hydrogen-bond donors (Lipinski definition) is 0. The number of hydrogen-bond acceptors (Lipinski definition) is 2. The molecule has 0 atom stereocenters. The van der Waals surface area contributed by atoms with E-state index >= 15 is 0 Å². The maximum Gasteiger partial charge on any atom is 0.252 e. The van der Waals surface area contributed by atoms with E-state index in [4.69, 9.17) is 0 Å². The van der Waals surface area contributed by atoms with Crippen molar-refractivity contribution in [3.63, 3.8) is 0 Å². The molecule has 14 aromatic carbocycles. The highest BCUT2D eigenvalue weighted by Crippen LogP contribution is 2.50. The molecular weight excluding hydrogens is 1060 g/mol. The van der Waals surface area contributed by atoms with Crippen molar-refractivity contribution in [2.45, 2.75) is 52.4 Å². The summed E-state index contributed by atoms with van der Waals surface area (Å²) in [5, 5.41) is 10.3. The summed E-state index contributed by atoms with van der Waals surface area (Å²) in [6, 6.07) is 106. The lowest BCUT2D eigenvalue weighted by Crippen LogP contribution is -2.61. The van der Waals surface area contributed by atoms with Crippen LogP contribution in [0.5, 0.6) is 0 Å². The average molecular weight is 1130 g/mol. The lowest BCUT2D eigenvalue weighted by Gasteiger charge is -2.44. The normalized spacial score (nSPS) is 13.0. The minimum absolute atomic E-state index is 0.0332. The number of para-hydroxylation sites is 2. The molecule has 0 amide bonds. The Kier molecular flexibility index (Phi) is 11.5. The van der Waals surface area contributed by atoms with Crippen LogP contribution in [0.2, 0.25) is 0 Å². The maximum atomic E-state index is 2.61. The van der Waals surface area contributed by atoms with E-state index < -0.39 is 0 Å². The van der Waals surface area contributed by atoms with Gasteiger partial charge < -0.3 is 14.4 Å². The van der Waals surface area contributed by atoms with Crippen molar-refractivity contribution in [2.24, 2.45) is 0 Å². The van der Waals surface area contributed by atoms with Gasteiger partial charge in [-0.1, -0.05) is 248 Å². The van der Waals surface area contributed by atoms with Crippen LogP contribution in [0.4, 0.5) is 34.1 Å². The Morgan fingerprint density at radius 2 is 0.739 bits per heavy atom. The molecule has 0 radical (unpaired) electrons. The van der Waals surface area contributed by atoms with E-state index in [2.05, 4.69) is 335 Å². The first-order valence-electron chi connectivity index (χ1n) is 31.1. The average Bonchev–Trinajstić information content (AvgIpc) is 0.843. The van der Waals surface area contributed by atoms with Gasteiger partial charge in [0.25, 0.3) is 6.71 Å². The molecule has 88 heavy (non-hydrogen) atoms. The van der Waals surface area contributed by atoms with Crippen molar-refractivity contribution in [2.75, 3.05) is 9.80 Å². The predicted molar refractivity (Wildman–Crippen MR) is 378 cm³/mol. The molecule has 0 N–H and O–H groups in total. The first kappa shape index (κ1) is 52.0. The first-order chi connectivity index (χ1) is 42.9. The van der Waals surface area contributed by atoms with E-state index in [1.54, 1.807) is 0 Å². The second-order valence-corrected chi connectivity index (χ2v) is 26.5. The highest BCUT2D eigenvalue weighted by molar-refractivity contribution is 7.00. The van der Waals surface area contributed by atoms with E-state index in [0.29, 0.717) is 0 Å². The minimum Gasteiger partial charge on any atom is -0.311 e. The van der Waals surface area contributed by atoms with Gasteiger partial charge in [0, 0.05) is 44.9 Å². The largest absolute Gasteiger partial charge is 0.311 e. The summed E-state index contributed by atoms with van der Waals surface area (Å²) in [7, 11) is 0. The van der Waals surface area contributed by atoms with Crippen molar-refractivity contribution in [3.8, 4) is 50.2 Å². The predicted octanol–water partition coefficient (Wildman–Crippen LogP) is 21.0. The molecule has 418 valence electrons. The molecule has 4 heteroatoms. The Bertz CT molecular complexity index is 5210. The van der Waals surface area contributed by atoms with Gasteiger partial charge in [0.2, 0.25) is 0 Å². The molecule has 0 bridgehead atoms. The number of fused-ring (bicyclic) bond motifs is 7. The Balaban J connectivity index is 0.990. The van der Waals surface area contributed by atoms with E-state index in [1.807, 2.05) is 0 Å². The highest BCUT2D eigenvalue weighted by Gasteiger charge is 2.44. The first-order valence-corrected chi connectivity index (χ1v) is 31.1. The van der Waals surface area contributed by atoms with Gasteiger partial charge in [0.1, 0.15) is 0 Å². The zero-order valence-electron chi connectivity index (χ0n) is 50.5. The topological polar surface area (TPSA) is 11.4 Å². The van der Waals surface area contributed by atoms with Gasteiger partial charge in [-0.25, -0.2) is 0 Å². The van der Waals surface area contributed by atoms with E-state index in [1.165, 1.54) is 138 Å². The van der Waals surface area contributed by atoms with Gasteiger partial charge in [-0.15, -0.1) is 0 Å². The quantitative estimate of drug-likeness (QED) is 0.116. The van der Waals surface area contributed by atoms with Crippen LogP contribution < -0.4 is 26.2 Å². The molecule has 0 fully saturated rings. The fraction of sp³-hybridized carbons (Fsp3) is 0.0952. The summed E-state index contributed by atoms with van der Waals surface area (Å²) in [6.45, 7) is 13.9. The number of aromatic nitrogens is 1. The molecule has 2 aliphatic heterocycles. The second-order valence-electron chi connectivity index (χ2n) is 26.5. The fourth-order valence-corrected chi connectivity index (χ4v) is 14.7. The smallest absolute Gasteiger partial charge is 0.252 e. The van der Waals surface area contributed by atoms with Gasteiger partial charge in [0.05, 0.1) is 16.7 Å². The molecule has 0 saturated heterocycles. The fourth-order valence-electron chi connectivity index (χ4n) is 14.7. The molecular formula is C84H64BN3. The van der Waals surface area contributed by atoms with Crippen molar-refractivity contribution in [1.29, 1.82) is 0 Å². The van der Waals surface area contributed by atoms with Crippen molar-refractivity contribution in [1.82, 2.24) is 4.57 Å². The molecule has 3 nitrogen and oxygen atoms in total. The third-order valence-corrected chi connectivity index (χ3v) is 19.2. The molecule has 17 rings (SSSR count). The van der Waals surface area contributed by atoms with E-state index in [9.17, 15) is 0 Å². The van der Waals surface area contributed by atoms with Gasteiger partial charge in [0.15, 0.2) is 0 Å². The number of rotatable bonds is 7. The van der Waals surface area contributed by atoms with Crippen molar-refractivity contribution >= 4 is 111 Å². The summed E-state index contributed by atoms with van der Waals surface area (Å²) in [5.74, 6) is 0. The summed E-state index contributed by atoms with van der Waals surface area (Å²) >= 11 is 0. The summed E-state index contributed by atoms with van der Waals surface area (Å²) in [6.07, 6.45) is 0. The molecule has 3 heterocycles. The number of anilines is 6. The van der Waals surface area contributed by atoms with Crippen LogP contribution >= 0.6 is 0 Å². The van der Waals surface area contributed by atoms with Gasteiger partial charge in [-0.2, -0.15) is 0 Å². The van der Waals surface area contributed by atoms with Crippen LogP contribution in [0.25, 0.3) is 104 Å². The minimum atomic E-state index is -0.139. The van der Waals surface area contributed by atoms with Crippen molar-refractivity contribution in [3.05, 3.63) is 290 Å². The molecule has 1 aromatic heterocycles. The summed E-state index contributed by atoms with van der Waals surface area (Å²) in [4.78, 5) is 5.17. The molecule has 2 aliphatic rings. The third-order valence-electron chi connectivity index (χ3n) is 19.2. The monoisotopic (exact) mass is 1130 g/mol. The summed E-state index contributed by atoms with van der Waals surface area (Å²) in [5.41, 5.74) is 26.2. The van der Waals surface area contributed by atoms with Crippen LogP contribution in [0.1, 0.15) is 52.7 Å². The standard InChI is InChI=1S/C84H64BN3/c1-83(2,3)63-44-60-30-31-61-45-64(84(4,5)6)50-71-70(47-62(46-63)80(60)81(61)71)59-36-42-72-77(49-59)87(66-40-34-57(35-41-66)54-22-12-8-13-23-54)79-52-67(88-74-28-18-16-26-68(74)69-27-17-19-29-75(69)88)51-78-82(79)85(72)73-48-58(55-24-14-9-15-25-55)37-43-76(73)86(78)65-38-32-56(33-39-65)53-20-10-7-11-21-53/h7-52H,1-6H3. The van der Waals surface area contributed by atoms with E-state index in [-0.39, 0.29) is 17.5 Å². The molecule has 0 saturated carbocycles. The maximum absolute atomic E-state index is 2.61. The van der Waals surface area contributed by atoms with E-state index in [0.717, 1.165) is 28.4 Å². The van der Waals surface area contributed by atoms with Gasteiger partial charge in [-0.05, 0) is 188 Å². The van der Waals surface area contributed by atoms with Crippen LogP contribution in [-0.4, -0.2) is 11.3 Å². The molecule has 0 spiro atoms. The zero-order chi connectivity index (χ0) is 59.2.